The van der Waals surface area contributed by atoms with Crippen LogP contribution in [-0.2, 0) is 14.3 Å². The van der Waals surface area contributed by atoms with Gasteiger partial charge in [-0.15, -0.1) is 0 Å². The smallest absolute Gasteiger partial charge is 0.303 e. The Morgan fingerprint density at radius 3 is 2.65 bits per heavy atom. The topological polar surface area (TPSA) is 76.0 Å². The van der Waals surface area contributed by atoms with Gasteiger partial charge in [-0.2, -0.15) is 0 Å². The molecule has 0 aromatic rings. The summed E-state index contributed by atoms with van der Waals surface area (Å²) in [4.78, 5) is 10.6. The predicted octanol–water partition coefficient (Wildman–Crippen LogP) is 5.87. The van der Waals surface area contributed by atoms with Gasteiger partial charge in [0, 0.05) is 19.6 Å². The monoisotopic (exact) mass is 436 g/mol. The molecule has 0 amide bonds. The van der Waals surface area contributed by atoms with E-state index < -0.39 is 5.97 Å². The van der Waals surface area contributed by atoms with Gasteiger partial charge in [0.25, 0.3) is 0 Å². The highest BCUT2D eigenvalue weighted by atomic mass is 16.7. The summed E-state index contributed by atoms with van der Waals surface area (Å²) in [6.45, 7) is 3.89. The number of ether oxygens (including phenoxy) is 2. The van der Waals surface area contributed by atoms with Crippen LogP contribution in [0.25, 0.3) is 0 Å². The van der Waals surface area contributed by atoms with Gasteiger partial charge in [0.2, 0.25) is 0 Å². The third-order valence-electron chi connectivity index (χ3n) is 6.66. The Hall–Kier alpha value is -1.17. The van der Waals surface area contributed by atoms with Crippen molar-refractivity contribution in [3.63, 3.8) is 0 Å². The van der Waals surface area contributed by atoms with E-state index in [1.165, 1.54) is 25.7 Å². The first-order valence-corrected chi connectivity index (χ1v) is 12.5. The molecule has 2 N–H and O–H groups in total. The molecule has 1 heterocycles. The molecule has 5 atom stereocenters. The molecule has 5 nitrogen and oxygen atoms in total. The van der Waals surface area contributed by atoms with Gasteiger partial charge in [-0.25, -0.2) is 0 Å². The lowest BCUT2D eigenvalue weighted by atomic mass is 9.87. The molecule has 0 aromatic carbocycles. The van der Waals surface area contributed by atoms with Crippen LogP contribution in [0.15, 0.2) is 24.3 Å². The van der Waals surface area contributed by atoms with Gasteiger partial charge in [0.15, 0.2) is 6.29 Å². The van der Waals surface area contributed by atoms with Crippen molar-refractivity contribution >= 4 is 5.97 Å². The predicted molar refractivity (Wildman–Crippen MR) is 124 cm³/mol. The molecule has 1 aliphatic heterocycles. The lowest BCUT2D eigenvalue weighted by Gasteiger charge is -2.22. The van der Waals surface area contributed by atoms with E-state index in [1.807, 2.05) is 0 Å². The Morgan fingerprint density at radius 2 is 1.87 bits per heavy atom. The number of allylic oxidation sites excluding steroid dienone is 4. The zero-order valence-electron chi connectivity index (χ0n) is 19.4. The number of rotatable bonds is 15. The Bertz CT molecular complexity index is 538. The molecule has 0 spiro atoms. The molecule has 1 aliphatic carbocycles. The number of aliphatic carboxylic acids is 1. The molecule has 5 heteroatoms. The van der Waals surface area contributed by atoms with E-state index >= 15 is 0 Å². The number of carboxylic acid groups (broad SMARTS) is 1. The molecule has 0 bridgehead atoms. The van der Waals surface area contributed by atoms with Gasteiger partial charge in [0.1, 0.15) is 0 Å². The Morgan fingerprint density at radius 1 is 1.06 bits per heavy atom. The molecule has 2 aliphatic rings. The van der Waals surface area contributed by atoms with Crippen LogP contribution in [0.2, 0.25) is 0 Å². The fraction of sp³-hybridized carbons (Fsp3) is 0.808. The van der Waals surface area contributed by atoms with E-state index in [2.05, 4.69) is 31.2 Å². The number of hydrogen-bond donors (Lipinski definition) is 2. The molecule has 1 unspecified atom stereocenters. The average molecular weight is 437 g/mol. The van der Waals surface area contributed by atoms with Crippen LogP contribution >= 0.6 is 0 Å². The minimum absolute atomic E-state index is 0.0352. The summed E-state index contributed by atoms with van der Waals surface area (Å²) >= 11 is 0. The highest BCUT2D eigenvalue weighted by Crippen LogP contribution is 2.40. The van der Waals surface area contributed by atoms with E-state index in [4.69, 9.17) is 14.6 Å². The van der Waals surface area contributed by atoms with Crippen molar-refractivity contribution in [3.8, 4) is 0 Å². The second-order valence-electron chi connectivity index (χ2n) is 9.31. The van der Waals surface area contributed by atoms with Crippen molar-refractivity contribution in [3.05, 3.63) is 24.3 Å². The molecule has 2 fully saturated rings. The minimum atomic E-state index is -0.735. The molecule has 1 saturated heterocycles. The molecule has 31 heavy (non-hydrogen) atoms. The third kappa shape index (κ3) is 10.8. The summed E-state index contributed by atoms with van der Waals surface area (Å²) < 4.78 is 11.4. The molecule has 2 rings (SSSR count). The number of carbonyl (C=O) groups is 1. The van der Waals surface area contributed by atoms with Gasteiger partial charge >= 0.3 is 5.97 Å². The summed E-state index contributed by atoms with van der Waals surface area (Å²) in [5, 5.41) is 19.1. The van der Waals surface area contributed by atoms with Gasteiger partial charge in [-0.1, -0.05) is 44.1 Å². The fourth-order valence-corrected chi connectivity index (χ4v) is 4.81. The first-order chi connectivity index (χ1) is 15.1. The highest BCUT2D eigenvalue weighted by Gasteiger charge is 2.37. The first-order valence-electron chi connectivity index (χ1n) is 12.5. The van der Waals surface area contributed by atoms with Gasteiger partial charge < -0.3 is 19.7 Å². The molecular weight excluding hydrogens is 392 g/mol. The number of carboxylic acids is 1. The lowest BCUT2D eigenvalue weighted by molar-refractivity contribution is -0.162. The van der Waals surface area contributed by atoms with Crippen molar-refractivity contribution in [2.75, 3.05) is 13.2 Å². The van der Waals surface area contributed by atoms with Crippen LogP contribution in [0, 0.1) is 17.8 Å². The number of aliphatic hydroxyl groups excluding tert-OH is 1. The number of unbranched alkanes of at least 4 members (excludes halogenated alkanes) is 5. The summed E-state index contributed by atoms with van der Waals surface area (Å²) in [5.74, 6) is 0.487. The summed E-state index contributed by atoms with van der Waals surface area (Å²) in [5.41, 5.74) is 0. The highest BCUT2D eigenvalue weighted by molar-refractivity contribution is 5.66. The van der Waals surface area contributed by atoms with Crippen molar-refractivity contribution < 1.29 is 24.5 Å². The maximum atomic E-state index is 10.6. The Labute approximate surface area is 188 Å². The van der Waals surface area contributed by atoms with Crippen LogP contribution in [0.4, 0.5) is 0 Å². The van der Waals surface area contributed by atoms with Crippen LogP contribution in [0.1, 0.15) is 90.4 Å². The van der Waals surface area contributed by atoms with Crippen molar-refractivity contribution in [1.29, 1.82) is 0 Å². The molecule has 178 valence electrons. The fourth-order valence-electron chi connectivity index (χ4n) is 4.81. The molecule has 0 radical (unpaired) electrons. The van der Waals surface area contributed by atoms with E-state index in [0.29, 0.717) is 18.3 Å². The van der Waals surface area contributed by atoms with Gasteiger partial charge in [-0.3, -0.25) is 4.79 Å². The van der Waals surface area contributed by atoms with Gasteiger partial charge in [0.05, 0.1) is 6.10 Å². The lowest BCUT2D eigenvalue weighted by Crippen LogP contribution is -2.22. The van der Waals surface area contributed by atoms with Gasteiger partial charge in [-0.05, 0) is 82.0 Å². The van der Waals surface area contributed by atoms with E-state index in [0.717, 1.165) is 58.2 Å². The largest absolute Gasteiger partial charge is 0.481 e. The first kappa shape index (κ1) is 26.1. The normalized spacial score (nSPS) is 29.3. The zero-order valence-corrected chi connectivity index (χ0v) is 19.4. The molecular formula is C26H44O5. The maximum Gasteiger partial charge on any atom is 0.303 e. The second kappa shape index (κ2) is 15.6. The Kier molecular flexibility index (Phi) is 13.1. The quantitative estimate of drug-likeness (QED) is 0.248. The van der Waals surface area contributed by atoms with E-state index in [-0.39, 0.29) is 24.7 Å². The van der Waals surface area contributed by atoms with Crippen molar-refractivity contribution in [1.82, 2.24) is 0 Å². The Balaban J connectivity index is 1.56. The zero-order chi connectivity index (χ0) is 22.3. The minimum Gasteiger partial charge on any atom is -0.481 e. The number of hydrogen-bond acceptors (Lipinski definition) is 4. The average Bonchev–Trinajstić information content (AvgIpc) is 3.02. The summed E-state index contributed by atoms with van der Waals surface area (Å²) in [6.07, 6.45) is 21.4. The standard InChI is InChI=1S/C26H44O5/c1-21-20-24(27)23(15-9-5-6-10-16-25(28)29)22(21)14-8-4-2-3-7-12-18-30-26-17-11-13-19-31-26/h5,8-9,14,21-24,26-27H,2-4,6-7,10-13,15-20H2,1H3,(H,28,29)/t21-,22+,23+,24+,26?/m1/s1. The number of aliphatic hydroxyl groups is 1. The van der Waals surface area contributed by atoms with Crippen LogP contribution < -0.4 is 0 Å². The van der Waals surface area contributed by atoms with Crippen molar-refractivity contribution in [2.45, 2.75) is 103 Å². The second-order valence-corrected chi connectivity index (χ2v) is 9.31. The van der Waals surface area contributed by atoms with Crippen LogP contribution in [-0.4, -0.2) is 41.8 Å². The van der Waals surface area contributed by atoms with Crippen LogP contribution in [0.5, 0.6) is 0 Å². The summed E-state index contributed by atoms with van der Waals surface area (Å²) in [7, 11) is 0. The molecule has 0 aromatic heterocycles. The SMILES string of the molecule is C[C@@H]1C[C@H](O)[C@@H](CC=CCCCC(=O)O)[C@H]1C=CCCCCCCOC1CCCCO1. The maximum absolute atomic E-state index is 10.6. The summed E-state index contributed by atoms with van der Waals surface area (Å²) in [6, 6.07) is 0. The van der Waals surface area contributed by atoms with Crippen molar-refractivity contribution in [2.24, 2.45) is 17.8 Å². The molecule has 1 saturated carbocycles. The van der Waals surface area contributed by atoms with E-state index in [9.17, 15) is 9.90 Å². The third-order valence-corrected chi connectivity index (χ3v) is 6.66. The van der Waals surface area contributed by atoms with Crippen LogP contribution in [0.3, 0.4) is 0 Å². The van der Waals surface area contributed by atoms with E-state index in [1.54, 1.807) is 0 Å².